The quantitative estimate of drug-likeness (QED) is 0.525. The predicted octanol–water partition coefficient (Wildman–Crippen LogP) is 5.35. The molecule has 2 N–H and O–H groups in total. The molecule has 0 fully saturated rings. The molecule has 28 heavy (non-hydrogen) atoms. The van der Waals surface area contributed by atoms with Gasteiger partial charge in [-0.3, -0.25) is 4.79 Å². The molecule has 3 rings (SSSR count). The largest absolute Gasteiger partial charge is 0.497 e. The van der Waals surface area contributed by atoms with Crippen LogP contribution in [0.3, 0.4) is 0 Å². The van der Waals surface area contributed by atoms with Crippen LogP contribution in [-0.2, 0) is 4.79 Å². The number of amides is 1. The van der Waals surface area contributed by atoms with Crippen molar-refractivity contribution in [1.29, 1.82) is 0 Å². The molecule has 0 heterocycles. The summed E-state index contributed by atoms with van der Waals surface area (Å²) >= 11 is 3.18. The van der Waals surface area contributed by atoms with Gasteiger partial charge in [0, 0.05) is 16.2 Å². The zero-order valence-corrected chi connectivity index (χ0v) is 16.9. The van der Waals surface area contributed by atoms with Crippen LogP contribution in [0.4, 0.5) is 5.69 Å². The predicted molar refractivity (Wildman–Crippen MR) is 114 cm³/mol. The number of carbonyl (C=O) groups excluding carboxylic acids is 1. The minimum atomic E-state index is -1.07. The summed E-state index contributed by atoms with van der Waals surface area (Å²) in [5, 5.41) is 14.0. The van der Waals surface area contributed by atoms with Gasteiger partial charge in [-0.2, -0.15) is 0 Å². The van der Waals surface area contributed by atoms with E-state index in [1.54, 1.807) is 19.2 Å². The van der Waals surface area contributed by atoms with Gasteiger partial charge in [0.2, 0.25) is 5.91 Å². The monoisotopic (exact) mass is 439 g/mol. The first-order valence-corrected chi connectivity index (χ1v) is 9.27. The molecule has 0 radical (unpaired) electrons. The second kappa shape index (κ2) is 8.27. The van der Waals surface area contributed by atoms with Crippen molar-refractivity contribution >= 4 is 49.8 Å². The minimum absolute atomic E-state index is 0.0865. The van der Waals surface area contributed by atoms with Gasteiger partial charge in [-0.05, 0) is 81.2 Å². The Hall–Kier alpha value is -3.12. The van der Waals surface area contributed by atoms with Gasteiger partial charge in [-0.25, -0.2) is 4.79 Å². The Bertz CT molecular complexity index is 1100. The molecule has 5 nitrogen and oxygen atoms in total. The maximum absolute atomic E-state index is 12.3. The number of halogens is 1. The van der Waals surface area contributed by atoms with Gasteiger partial charge >= 0.3 is 5.97 Å². The number of allylic oxidation sites excluding steroid dienone is 1. The zero-order valence-electron chi connectivity index (χ0n) is 15.3. The summed E-state index contributed by atoms with van der Waals surface area (Å²) in [6, 6.07) is 16.4. The van der Waals surface area contributed by atoms with E-state index in [0.29, 0.717) is 10.2 Å². The second-order valence-electron chi connectivity index (χ2n) is 6.24. The van der Waals surface area contributed by atoms with Crippen LogP contribution in [0.15, 0.2) is 65.1 Å². The molecule has 0 atom stereocenters. The van der Waals surface area contributed by atoms with Crippen molar-refractivity contribution in [1.82, 2.24) is 0 Å². The van der Waals surface area contributed by atoms with Gasteiger partial charge in [0.25, 0.3) is 0 Å². The van der Waals surface area contributed by atoms with Crippen molar-refractivity contribution < 1.29 is 19.4 Å². The van der Waals surface area contributed by atoms with E-state index in [1.807, 2.05) is 43.3 Å². The fourth-order valence-corrected chi connectivity index (χ4v) is 3.24. The van der Waals surface area contributed by atoms with Gasteiger partial charge in [0.15, 0.2) is 0 Å². The smallest absolute Gasteiger partial charge is 0.336 e. The fraction of sp³-hybridized carbons (Fsp3) is 0.0909. The number of methoxy groups -OCH3 is 1. The average molecular weight is 440 g/mol. The van der Waals surface area contributed by atoms with Crippen LogP contribution in [0.2, 0.25) is 0 Å². The van der Waals surface area contributed by atoms with Crippen LogP contribution >= 0.6 is 15.9 Å². The minimum Gasteiger partial charge on any atom is -0.497 e. The Labute approximate surface area is 170 Å². The number of aromatic carboxylic acids is 1. The lowest BCUT2D eigenvalue weighted by atomic mass is 10.0. The Balaban J connectivity index is 1.81. The molecule has 3 aromatic carbocycles. The molecule has 1 amide bonds. The highest BCUT2D eigenvalue weighted by atomic mass is 79.9. The number of hydrogen-bond donors (Lipinski definition) is 2. The number of carbonyl (C=O) groups is 2. The van der Waals surface area contributed by atoms with Crippen molar-refractivity contribution in [2.24, 2.45) is 0 Å². The molecule has 142 valence electrons. The molecule has 0 unspecified atom stereocenters. The number of nitrogens with one attached hydrogen (secondary N) is 1. The van der Waals surface area contributed by atoms with E-state index >= 15 is 0 Å². The number of rotatable bonds is 5. The molecule has 0 aliphatic heterocycles. The first-order chi connectivity index (χ1) is 13.4. The number of anilines is 1. The number of benzene rings is 3. The Morgan fingerprint density at radius 2 is 1.75 bits per heavy atom. The molecule has 0 saturated heterocycles. The molecule has 0 aliphatic carbocycles. The van der Waals surface area contributed by atoms with E-state index in [1.165, 1.54) is 12.1 Å². The Morgan fingerprint density at radius 3 is 2.46 bits per heavy atom. The topological polar surface area (TPSA) is 75.6 Å². The van der Waals surface area contributed by atoms with Gasteiger partial charge in [-0.1, -0.05) is 18.2 Å². The van der Waals surface area contributed by atoms with Crippen LogP contribution in [-0.4, -0.2) is 24.1 Å². The second-order valence-corrected chi connectivity index (χ2v) is 7.10. The van der Waals surface area contributed by atoms with E-state index in [0.717, 1.165) is 27.7 Å². The highest BCUT2D eigenvalue weighted by molar-refractivity contribution is 9.10. The van der Waals surface area contributed by atoms with E-state index < -0.39 is 5.97 Å². The molecular formula is C22H18BrNO4. The summed E-state index contributed by atoms with van der Waals surface area (Å²) in [5.41, 5.74) is 2.23. The number of fused-ring (bicyclic) bond motifs is 1. The lowest BCUT2D eigenvalue weighted by Crippen LogP contribution is -2.09. The normalized spacial score (nSPS) is 11.3. The molecular weight excluding hydrogens is 422 g/mol. The van der Waals surface area contributed by atoms with Crippen LogP contribution in [0.5, 0.6) is 5.75 Å². The van der Waals surface area contributed by atoms with Crippen LogP contribution in [0.1, 0.15) is 22.8 Å². The van der Waals surface area contributed by atoms with E-state index in [4.69, 9.17) is 4.74 Å². The summed E-state index contributed by atoms with van der Waals surface area (Å²) in [5.74, 6) is -0.601. The van der Waals surface area contributed by atoms with Crippen LogP contribution < -0.4 is 10.1 Å². The third-order valence-corrected chi connectivity index (χ3v) is 5.01. The van der Waals surface area contributed by atoms with Gasteiger partial charge < -0.3 is 15.2 Å². The number of ether oxygens (including phenoxy) is 1. The molecule has 0 saturated carbocycles. The zero-order chi connectivity index (χ0) is 20.3. The molecule has 3 aromatic rings. The van der Waals surface area contributed by atoms with E-state index in [2.05, 4.69) is 21.2 Å². The van der Waals surface area contributed by atoms with Gasteiger partial charge in [0.1, 0.15) is 5.75 Å². The van der Waals surface area contributed by atoms with Crippen molar-refractivity contribution in [2.45, 2.75) is 6.92 Å². The number of carboxylic acid groups (broad SMARTS) is 1. The third-order valence-electron chi connectivity index (χ3n) is 4.31. The first-order valence-electron chi connectivity index (χ1n) is 8.47. The summed E-state index contributed by atoms with van der Waals surface area (Å²) < 4.78 is 5.69. The van der Waals surface area contributed by atoms with Crippen molar-refractivity contribution in [3.05, 3.63) is 76.3 Å². The molecule has 0 spiro atoms. The fourth-order valence-electron chi connectivity index (χ4n) is 2.82. The average Bonchev–Trinajstić information content (AvgIpc) is 2.68. The lowest BCUT2D eigenvalue weighted by molar-refractivity contribution is -0.111. The van der Waals surface area contributed by atoms with Crippen molar-refractivity contribution in [2.75, 3.05) is 12.4 Å². The summed E-state index contributed by atoms with van der Waals surface area (Å²) in [6.45, 7) is 1.86. The summed E-state index contributed by atoms with van der Waals surface area (Å²) in [6.07, 6.45) is 1.49. The first kappa shape index (κ1) is 19.6. The lowest BCUT2D eigenvalue weighted by Gasteiger charge is -2.08. The highest BCUT2D eigenvalue weighted by Gasteiger charge is 2.10. The molecule has 0 aliphatic rings. The highest BCUT2D eigenvalue weighted by Crippen LogP contribution is 2.25. The Kier molecular flexibility index (Phi) is 5.80. The van der Waals surface area contributed by atoms with E-state index in [-0.39, 0.29) is 11.5 Å². The van der Waals surface area contributed by atoms with Gasteiger partial charge in [0.05, 0.1) is 12.7 Å². The maximum atomic E-state index is 12.3. The third kappa shape index (κ3) is 4.40. The summed E-state index contributed by atoms with van der Waals surface area (Å²) in [7, 11) is 1.63. The van der Waals surface area contributed by atoms with Crippen molar-refractivity contribution in [3.63, 3.8) is 0 Å². The maximum Gasteiger partial charge on any atom is 0.336 e. The van der Waals surface area contributed by atoms with Crippen LogP contribution in [0.25, 0.3) is 16.3 Å². The Morgan fingerprint density at radius 1 is 1.04 bits per heavy atom. The molecule has 0 bridgehead atoms. The van der Waals surface area contributed by atoms with E-state index in [9.17, 15) is 14.7 Å². The SMILES string of the molecule is COc1ccc2cc(/C(C)=C/C(=O)Nc3ccc(Br)c(C(=O)O)c3)ccc2c1. The standard InChI is InChI=1S/C22H18BrNO4/c1-13(14-3-4-16-11-18(28-2)7-5-15(16)10-14)9-21(25)24-17-6-8-20(23)19(12-17)22(26)27/h3-12H,1-2H3,(H,24,25)(H,26,27)/b13-9+. The number of carboxylic acids is 1. The van der Waals surface area contributed by atoms with Crippen molar-refractivity contribution in [3.8, 4) is 5.75 Å². The van der Waals surface area contributed by atoms with Gasteiger partial charge in [-0.15, -0.1) is 0 Å². The number of hydrogen-bond acceptors (Lipinski definition) is 3. The molecule has 0 aromatic heterocycles. The van der Waals surface area contributed by atoms with Crippen LogP contribution in [0, 0.1) is 0 Å². The molecule has 6 heteroatoms. The summed E-state index contributed by atoms with van der Waals surface area (Å²) in [4.78, 5) is 23.6.